The third-order valence-electron chi connectivity index (χ3n) is 2.83. The maximum Gasteiger partial charge on any atom is 1.00 e. The van der Waals surface area contributed by atoms with Crippen LogP contribution in [0.4, 0.5) is 0 Å². The minimum absolute atomic E-state index is 0. The van der Waals surface area contributed by atoms with E-state index >= 15 is 0 Å². The van der Waals surface area contributed by atoms with Crippen molar-refractivity contribution < 1.29 is 26.5 Å². The smallest absolute Gasteiger partial charge is 0.338 e. The normalized spacial score (nSPS) is 21.0. The molecule has 0 radical (unpaired) electrons. The number of hydrogen-bond donors (Lipinski definition) is 0. The molecule has 0 bridgehead atoms. The molecule has 1 aliphatic heterocycles. The first-order chi connectivity index (χ1) is 5.08. The van der Waals surface area contributed by atoms with Gasteiger partial charge in [-0.05, 0) is 6.42 Å². The second-order valence-electron chi connectivity index (χ2n) is 3.65. The van der Waals surface area contributed by atoms with Gasteiger partial charge >= 0.3 is 17.1 Å². The fourth-order valence-electron chi connectivity index (χ4n) is 1.34. The molecule has 12 heavy (non-hydrogen) atoms. The molecule has 1 fully saturated rings. The standard InChI is InChI=1S/C9H17O2.Cu/c1-5-8(3,4)9(6-2)10-7-11-9;/h2,5-7H2,1,3-4H3;/q-1;+1. The summed E-state index contributed by atoms with van der Waals surface area (Å²) in [5.41, 5.74) is 0.0764. The summed E-state index contributed by atoms with van der Waals surface area (Å²) in [7, 11) is 0. The monoisotopic (exact) mass is 220 g/mol. The molecule has 0 N–H and O–H groups in total. The van der Waals surface area contributed by atoms with E-state index in [-0.39, 0.29) is 22.5 Å². The van der Waals surface area contributed by atoms with Crippen molar-refractivity contribution in [2.24, 2.45) is 5.41 Å². The van der Waals surface area contributed by atoms with E-state index in [1.54, 1.807) is 0 Å². The fourth-order valence-corrected chi connectivity index (χ4v) is 1.34. The molecule has 0 unspecified atom stereocenters. The van der Waals surface area contributed by atoms with E-state index in [1.165, 1.54) is 0 Å². The number of rotatable bonds is 3. The van der Waals surface area contributed by atoms with Crippen LogP contribution in [0.1, 0.15) is 33.6 Å². The van der Waals surface area contributed by atoms with Crippen LogP contribution in [0.25, 0.3) is 0 Å². The van der Waals surface area contributed by atoms with Crippen LogP contribution in [-0.4, -0.2) is 12.6 Å². The first-order valence-electron chi connectivity index (χ1n) is 4.15. The Morgan fingerprint density at radius 2 is 1.92 bits per heavy atom. The van der Waals surface area contributed by atoms with Gasteiger partial charge in [0.05, 0.1) is 0 Å². The molecule has 0 atom stereocenters. The van der Waals surface area contributed by atoms with E-state index in [0.717, 1.165) is 6.42 Å². The number of ether oxygens (including phenoxy) is 2. The summed E-state index contributed by atoms with van der Waals surface area (Å²) in [4.78, 5) is 0. The largest absolute Gasteiger partial charge is 1.00 e. The van der Waals surface area contributed by atoms with E-state index in [0.29, 0.717) is 13.2 Å². The van der Waals surface area contributed by atoms with E-state index in [2.05, 4.69) is 27.7 Å². The Bertz CT molecular complexity index is 136. The van der Waals surface area contributed by atoms with Crippen LogP contribution in [0.15, 0.2) is 0 Å². The molecule has 0 saturated carbocycles. The minimum atomic E-state index is -0.401. The first kappa shape index (κ1) is 12.4. The van der Waals surface area contributed by atoms with E-state index < -0.39 is 5.79 Å². The maximum absolute atomic E-state index is 5.44. The van der Waals surface area contributed by atoms with Crippen LogP contribution < -0.4 is 0 Å². The predicted octanol–water partition coefficient (Wildman–Crippen LogP) is 2.34. The fraction of sp³-hybridized carbons (Fsp3) is 0.889. The zero-order valence-corrected chi connectivity index (χ0v) is 8.89. The Labute approximate surface area is 85.5 Å². The van der Waals surface area contributed by atoms with Crippen LogP contribution in [0.5, 0.6) is 0 Å². The van der Waals surface area contributed by atoms with Crippen molar-refractivity contribution in [2.75, 3.05) is 6.79 Å². The van der Waals surface area contributed by atoms with Gasteiger partial charge in [-0.25, -0.2) is 0 Å². The third kappa shape index (κ3) is 1.69. The Morgan fingerprint density at radius 3 is 2.00 bits per heavy atom. The zero-order valence-electron chi connectivity index (χ0n) is 7.95. The molecule has 2 nitrogen and oxygen atoms in total. The molecule has 76 valence electrons. The molecule has 0 aromatic rings. The molecule has 1 aliphatic rings. The van der Waals surface area contributed by atoms with Gasteiger partial charge in [0.15, 0.2) is 12.6 Å². The van der Waals surface area contributed by atoms with Crippen molar-refractivity contribution in [3.05, 3.63) is 6.92 Å². The SMILES string of the molecule is [CH2-]CC1(C(C)(C)CC)OCO1.[Cu+]. The second-order valence-corrected chi connectivity index (χ2v) is 3.65. The van der Waals surface area contributed by atoms with Crippen molar-refractivity contribution in [3.8, 4) is 0 Å². The summed E-state index contributed by atoms with van der Waals surface area (Å²) < 4.78 is 10.9. The van der Waals surface area contributed by atoms with Gasteiger partial charge in [0.25, 0.3) is 0 Å². The average Bonchev–Trinajstić information content (AvgIpc) is 1.86. The van der Waals surface area contributed by atoms with Gasteiger partial charge in [-0.2, -0.15) is 0 Å². The molecular formula is C9H17CuO2. The summed E-state index contributed by atoms with van der Waals surface area (Å²) in [5, 5.41) is 0. The van der Waals surface area contributed by atoms with Gasteiger partial charge in [-0.1, -0.05) is 20.8 Å². The second kappa shape index (κ2) is 4.10. The van der Waals surface area contributed by atoms with Crippen molar-refractivity contribution in [1.29, 1.82) is 0 Å². The van der Waals surface area contributed by atoms with E-state index in [1.807, 2.05) is 0 Å². The number of hydrogen-bond acceptors (Lipinski definition) is 2. The third-order valence-corrected chi connectivity index (χ3v) is 2.83. The predicted molar refractivity (Wildman–Crippen MR) is 43.8 cm³/mol. The summed E-state index contributed by atoms with van der Waals surface area (Å²) >= 11 is 0. The van der Waals surface area contributed by atoms with Crippen LogP contribution in [0, 0.1) is 12.3 Å². The van der Waals surface area contributed by atoms with Gasteiger partial charge in [0.1, 0.15) is 0 Å². The first-order valence-corrected chi connectivity index (χ1v) is 4.15. The molecule has 0 aromatic heterocycles. The minimum Gasteiger partial charge on any atom is -0.338 e. The maximum atomic E-state index is 5.44. The Kier molecular flexibility index (Phi) is 4.25. The zero-order chi connectivity index (χ0) is 8.54. The van der Waals surface area contributed by atoms with Crippen LogP contribution in [-0.2, 0) is 26.5 Å². The van der Waals surface area contributed by atoms with Gasteiger partial charge in [-0.15, -0.1) is 6.42 Å². The van der Waals surface area contributed by atoms with E-state index in [9.17, 15) is 0 Å². The summed E-state index contributed by atoms with van der Waals surface area (Å²) in [5.74, 6) is -0.401. The molecule has 1 heterocycles. The molecule has 0 amide bonds. The molecular weight excluding hydrogens is 204 g/mol. The van der Waals surface area contributed by atoms with Crippen molar-refractivity contribution in [3.63, 3.8) is 0 Å². The molecule has 0 aliphatic carbocycles. The van der Waals surface area contributed by atoms with Crippen molar-refractivity contribution in [1.82, 2.24) is 0 Å². The van der Waals surface area contributed by atoms with Crippen LogP contribution in [0.2, 0.25) is 0 Å². The van der Waals surface area contributed by atoms with Crippen LogP contribution >= 0.6 is 0 Å². The van der Waals surface area contributed by atoms with Gasteiger partial charge < -0.3 is 16.4 Å². The van der Waals surface area contributed by atoms with E-state index in [4.69, 9.17) is 9.47 Å². The topological polar surface area (TPSA) is 18.5 Å². The van der Waals surface area contributed by atoms with Gasteiger partial charge in [-0.3, -0.25) is 0 Å². The average molecular weight is 221 g/mol. The molecule has 1 saturated heterocycles. The van der Waals surface area contributed by atoms with Crippen molar-refractivity contribution in [2.45, 2.75) is 39.4 Å². The summed E-state index contributed by atoms with van der Waals surface area (Å²) in [6.45, 7) is 10.7. The van der Waals surface area contributed by atoms with Crippen molar-refractivity contribution >= 4 is 0 Å². The van der Waals surface area contributed by atoms with Crippen LogP contribution in [0.3, 0.4) is 0 Å². The van der Waals surface area contributed by atoms with Gasteiger partial charge in [0, 0.05) is 5.41 Å². The summed E-state index contributed by atoms with van der Waals surface area (Å²) in [6.07, 6.45) is 1.73. The molecule has 3 heteroatoms. The molecule has 0 spiro atoms. The summed E-state index contributed by atoms with van der Waals surface area (Å²) in [6, 6.07) is 0. The molecule has 1 rings (SSSR count). The quantitative estimate of drug-likeness (QED) is 0.537. The Morgan fingerprint density at radius 1 is 1.42 bits per heavy atom. The Hall–Kier alpha value is 0.439. The Balaban J connectivity index is 0.00000121. The molecule has 0 aromatic carbocycles. The van der Waals surface area contributed by atoms with Gasteiger partial charge in [0.2, 0.25) is 0 Å².